The zero-order valence-electron chi connectivity index (χ0n) is 14.7. The second kappa shape index (κ2) is 7.98. The molecule has 0 aliphatic carbocycles. The van der Waals surface area contributed by atoms with Gasteiger partial charge in [0.2, 0.25) is 5.91 Å². The predicted molar refractivity (Wildman–Crippen MR) is 99.4 cm³/mol. The van der Waals surface area contributed by atoms with Crippen molar-refractivity contribution in [3.8, 4) is 0 Å². The number of aromatic nitrogens is 3. The Bertz CT molecular complexity index is 808. The molecule has 0 spiro atoms. The molecule has 0 fully saturated rings. The van der Waals surface area contributed by atoms with Gasteiger partial charge in [0.1, 0.15) is 0 Å². The third-order valence-electron chi connectivity index (χ3n) is 4.64. The van der Waals surface area contributed by atoms with E-state index in [1.807, 2.05) is 35.3 Å². The number of fused-ring (bicyclic) bond motifs is 1. The Hall–Kier alpha value is -2.60. The number of benzene rings is 1. The molecule has 3 aromatic rings. The molecule has 3 N–H and O–H groups in total. The van der Waals surface area contributed by atoms with Gasteiger partial charge in [0, 0.05) is 42.1 Å². The second-order valence-electron chi connectivity index (χ2n) is 6.36. The van der Waals surface area contributed by atoms with Crippen molar-refractivity contribution in [1.29, 1.82) is 0 Å². The van der Waals surface area contributed by atoms with Crippen LogP contribution in [-0.2, 0) is 11.2 Å². The number of aromatic amines is 1. The maximum atomic E-state index is 12.0. The molecule has 25 heavy (non-hydrogen) atoms. The summed E-state index contributed by atoms with van der Waals surface area (Å²) in [6.07, 6.45) is 6.53. The fraction of sp³-hybridized carbons (Fsp3) is 0.368. The molecule has 3 rings (SSSR count). The SMILES string of the molecule is C[C@@H](NCC(=O)NCCc1c[nH]c2ccccc12)[C@H](C)n1cccn1. The first-order valence-electron chi connectivity index (χ1n) is 8.69. The van der Waals surface area contributed by atoms with E-state index in [4.69, 9.17) is 0 Å². The van der Waals surface area contributed by atoms with Crippen LogP contribution in [0.15, 0.2) is 48.9 Å². The number of hydrogen-bond donors (Lipinski definition) is 3. The molecular formula is C19H25N5O. The minimum absolute atomic E-state index is 0.0133. The molecular weight excluding hydrogens is 314 g/mol. The Labute approximate surface area is 147 Å². The lowest BCUT2D eigenvalue weighted by molar-refractivity contribution is -0.120. The Kier molecular flexibility index (Phi) is 5.50. The van der Waals surface area contributed by atoms with Crippen LogP contribution < -0.4 is 10.6 Å². The van der Waals surface area contributed by atoms with Crippen molar-refractivity contribution in [3.05, 3.63) is 54.5 Å². The molecule has 0 radical (unpaired) electrons. The molecule has 0 saturated heterocycles. The summed E-state index contributed by atoms with van der Waals surface area (Å²) in [6.45, 7) is 5.08. The maximum Gasteiger partial charge on any atom is 0.233 e. The van der Waals surface area contributed by atoms with Gasteiger partial charge in [-0.2, -0.15) is 5.10 Å². The highest BCUT2D eigenvalue weighted by Gasteiger charge is 2.14. The number of hydrogen-bond acceptors (Lipinski definition) is 3. The van der Waals surface area contributed by atoms with E-state index in [0.717, 1.165) is 11.9 Å². The topological polar surface area (TPSA) is 74.7 Å². The number of carbonyl (C=O) groups excluding carboxylic acids is 1. The number of nitrogens with one attached hydrogen (secondary N) is 3. The standard InChI is InChI=1S/C19H25N5O/c1-14(15(2)24-11-5-9-23-24)21-13-19(25)20-10-8-16-12-22-18-7-4-3-6-17(16)18/h3-7,9,11-12,14-15,21-22H,8,10,13H2,1-2H3,(H,20,25)/t14-,15+/m1/s1. The normalized spacial score (nSPS) is 13.7. The first-order chi connectivity index (χ1) is 12.1. The lowest BCUT2D eigenvalue weighted by Crippen LogP contribution is -2.41. The van der Waals surface area contributed by atoms with Gasteiger partial charge in [0.15, 0.2) is 0 Å². The number of carbonyl (C=O) groups is 1. The highest BCUT2D eigenvalue weighted by atomic mass is 16.1. The van der Waals surface area contributed by atoms with Crippen molar-refractivity contribution in [2.45, 2.75) is 32.4 Å². The van der Waals surface area contributed by atoms with Gasteiger partial charge in [-0.15, -0.1) is 0 Å². The highest BCUT2D eigenvalue weighted by molar-refractivity contribution is 5.83. The van der Waals surface area contributed by atoms with E-state index in [1.165, 1.54) is 10.9 Å². The Balaban J connectivity index is 1.41. The van der Waals surface area contributed by atoms with Crippen LogP contribution in [0.25, 0.3) is 10.9 Å². The lowest BCUT2D eigenvalue weighted by atomic mass is 10.1. The fourth-order valence-corrected chi connectivity index (χ4v) is 2.91. The average Bonchev–Trinajstić information content (AvgIpc) is 3.29. The Morgan fingerprint density at radius 3 is 2.92 bits per heavy atom. The molecule has 0 aliphatic heterocycles. The van der Waals surface area contributed by atoms with Crippen molar-refractivity contribution in [1.82, 2.24) is 25.4 Å². The molecule has 0 bridgehead atoms. The molecule has 1 amide bonds. The number of nitrogens with zero attached hydrogens (tertiary/aromatic N) is 2. The molecule has 0 unspecified atom stereocenters. The van der Waals surface area contributed by atoms with Crippen LogP contribution >= 0.6 is 0 Å². The largest absolute Gasteiger partial charge is 0.361 e. The lowest BCUT2D eigenvalue weighted by Gasteiger charge is -2.21. The highest BCUT2D eigenvalue weighted by Crippen LogP contribution is 2.17. The van der Waals surface area contributed by atoms with E-state index in [2.05, 4.69) is 46.7 Å². The summed E-state index contributed by atoms with van der Waals surface area (Å²) in [4.78, 5) is 15.3. The fourth-order valence-electron chi connectivity index (χ4n) is 2.91. The maximum absolute atomic E-state index is 12.0. The van der Waals surface area contributed by atoms with Crippen LogP contribution in [0.3, 0.4) is 0 Å². The van der Waals surface area contributed by atoms with Gasteiger partial charge in [-0.05, 0) is 38.0 Å². The van der Waals surface area contributed by atoms with Crippen LogP contribution in [0.4, 0.5) is 0 Å². The Morgan fingerprint density at radius 1 is 1.28 bits per heavy atom. The van der Waals surface area contributed by atoms with Gasteiger partial charge >= 0.3 is 0 Å². The molecule has 0 saturated carbocycles. The number of amides is 1. The smallest absolute Gasteiger partial charge is 0.233 e. The number of rotatable bonds is 8. The number of H-pyrrole nitrogens is 1. The molecule has 2 atom stereocenters. The van der Waals surface area contributed by atoms with Gasteiger partial charge in [0.05, 0.1) is 12.6 Å². The third-order valence-corrected chi connectivity index (χ3v) is 4.64. The summed E-state index contributed by atoms with van der Waals surface area (Å²) >= 11 is 0. The molecule has 6 nitrogen and oxygen atoms in total. The molecule has 6 heteroatoms. The van der Waals surface area contributed by atoms with Gasteiger partial charge in [0.25, 0.3) is 0 Å². The van der Waals surface area contributed by atoms with Crippen molar-refractivity contribution in [3.63, 3.8) is 0 Å². The van der Waals surface area contributed by atoms with Gasteiger partial charge in [-0.1, -0.05) is 18.2 Å². The summed E-state index contributed by atoms with van der Waals surface area (Å²) in [5.41, 5.74) is 2.36. The van der Waals surface area contributed by atoms with Crippen LogP contribution in [0.2, 0.25) is 0 Å². The van der Waals surface area contributed by atoms with E-state index >= 15 is 0 Å². The molecule has 1 aromatic carbocycles. The van der Waals surface area contributed by atoms with E-state index in [9.17, 15) is 4.79 Å². The van der Waals surface area contributed by atoms with Crippen molar-refractivity contribution >= 4 is 16.8 Å². The van der Waals surface area contributed by atoms with Gasteiger partial charge < -0.3 is 15.6 Å². The Morgan fingerprint density at radius 2 is 2.12 bits per heavy atom. The van der Waals surface area contributed by atoms with E-state index in [0.29, 0.717) is 13.1 Å². The van der Waals surface area contributed by atoms with Gasteiger partial charge in [-0.3, -0.25) is 9.48 Å². The third kappa shape index (κ3) is 4.28. The minimum Gasteiger partial charge on any atom is -0.361 e. The van der Waals surface area contributed by atoms with E-state index in [-0.39, 0.29) is 18.0 Å². The first kappa shape index (κ1) is 17.2. The average molecular weight is 339 g/mol. The van der Waals surface area contributed by atoms with Crippen molar-refractivity contribution < 1.29 is 4.79 Å². The van der Waals surface area contributed by atoms with Crippen molar-refractivity contribution in [2.24, 2.45) is 0 Å². The van der Waals surface area contributed by atoms with E-state index < -0.39 is 0 Å². The van der Waals surface area contributed by atoms with Crippen LogP contribution in [-0.4, -0.2) is 39.8 Å². The van der Waals surface area contributed by atoms with Crippen LogP contribution in [0.5, 0.6) is 0 Å². The monoisotopic (exact) mass is 339 g/mol. The summed E-state index contributed by atoms with van der Waals surface area (Å²) in [6, 6.07) is 10.5. The van der Waals surface area contributed by atoms with Crippen molar-refractivity contribution in [2.75, 3.05) is 13.1 Å². The molecule has 2 heterocycles. The van der Waals surface area contributed by atoms with E-state index in [1.54, 1.807) is 6.20 Å². The molecule has 132 valence electrons. The van der Waals surface area contributed by atoms with Crippen LogP contribution in [0, 0.1) is 0 Å². The zero-order chi connectivity index (χ0) is 17.6. The number of para-hydroxylation sites is 1. The quantitative estimate of drug-likeness (QED) is 0.589. The van der Waals surface area contributed by atoms with Crippen LogP contribution in [0.1, 0.15) is 25.5 Å². The summed E-state index contributed by atoms with van der Waals surface area (Å²) in [5, 5.41) is 11.7. The first-order valence-corrected chi connectivity index (χ1v) is 8.69. The predicted octanol–water partition coefficient (Wildman–Crippen LogP) is 2.26. The summed E-state index contributed by atoms with van der Waals surface area (Å²) in [7, 11) is 0. The minimum atomic E-state index is 0.0133. The zero-order valence-corrected chi connectivity index (χ0v) is 14.7. The second-order valence-corrected chi connectivity index (χ2v) is 6.36. The molecule has 0 aliphatic rings. The molecule has 2 aromatic heterocycles. The van der Waals surface area contributed by atoms with Gasteiger partial charge in [-0.25, -0.2) is 0 Å². The summed E-state index contributed by atoms with van der Waals surface area (Å²) in [5.74, 6) is 0.0133. The summed E-state index contributed by atoms with van der Waals surface area (Å²) < 4.78 is 1.90.